The largest absolute Gasteiger partial charge is 0.390 e. The number of aliphatic hydroxyl groups is 2. The van der Waals surface area contributed by atoms with Gasteiger partial charge in [-0.05, 0) is 12.1 Å². The van der Waals surface area contributed by atoms with Gasteiger partial charge >= 0.3 is 0 Å². The molecule has 0 radical (unpaired) electrons. The van der Waals surface area contributed by atoms with Crippen LogP contribution in [0.1, 0.15) is 11.4 Å². The van der Waals surface area contributed by atoms with E-state index in [2.05, 4.69) is 10.2 Å². The molecule has 0 aromatic carbocycles. The minimum Gasteiger partial charge on any atom is -0.390 e. The maximum atomic E-state index is 8.83. The highest BCUT2D eigenvalue weighted by Crippen LogP contribution is 1.98. The molecule has 0 spiro atoms. The summed E-state index contributed by atoms with van der Waals surface area (Å²) in [5, 5.41) is 25.9. The number of aromatic nitrogens is 4. The number of aliphatic hydroxyl groups excluding tert-OH is 2. The molecule has 2 aromatic heterocycles. The van der Waals surface area contributed by atoms with Crippen molar-refractivity contribution in [3.63, 3.8) is 0 Å². The van der Waals surface area contributed by atoms with Gasteiger partial charge in [-0.3, -0.25) is 9.36 Å². The summed E-state index contributed by atoms with van der Waals surface area (Å²) in [6, 6.07) is 3.49. The quantitative estimate of drug-likeness (QED) is 0.714. The average molecular weight is 208 g/mol. The van der Waals surface area contributed by atoms with Crippen molar-refractivity contribution in [1.82, 2.24) is 19.6 Å². The number of hydrogen-bond acceptors (Lipinski definition) is 4. The van der Waals surface area contributed by atoms with Crippen LogP contribution >= 0.6 is 0 Å². The van der Waals surface area contributed by atoms with E-state index in [4.69, 9.17) is 10.2 Å². The van der Waals surface area contributed by atoms with E-state index >= 15 is 0 Å². The fourth-order valence-corrected chi connectivity index (χ4v) is 1.28. The lowest BCUT2D eigenvalue weighted by molar-refractivity contribution is 0.273. The maximum absolute atomic E-state index is 8.83. The molecular formula is C9H12N4O2. The summed E-state index contributed by atoms with van der Waals surface area (Å²) in [5.41, 5.74) is 1.26. The number of rotatable bonds is 4. The van der Waals surface area contributed by atoms with E-state index in [-0.39, 0.29) is 13.2 Å². The van der Waals surface area contributed by atoms with Crippen LogP contribution in [0.5, 0.6) is 0 Å². The molecule has 0 saturated heterocycles. The third-order valence-electron chi connectivity index (χ3n) is 2.01. The highest BCUT2D eigenvalue weighted by molar-refractivity contribution is 4.98. The second-order valence-electron chi connectivity index (χ2n) is 3.15. The van der Waals surface area contributed by atoms with Gasteiger partial charge in [0.2, 0.25) is 0 Å². The lowest BCUT2D eigenvalue weighted by Crippen LogP contribution is -2.09. The Hall–Kier alpha value is -1.66. The van der Waals surface area contributed by atoms with Crippen LogP contribution in [0, 0.1) is 0 Å². The first-order valence-electron chi connectivity index (χ1n) is 4.58. The van der Waals surface area contributed by atoms with E-state index in [0.717, 1.165) is 0 Å². The van der Waals surface area contributed by atoms with E-state index in [1.54, 1.807) is 33.9 Å². The van der Waals surface area contributed by atoms with Crippen molar-refractivity contribution in [2.45, 2.75) is 19.9 Å². The van der Waals surface area contributed by atoms with E-state index < -0.39 is 0 Å². The van der Waals surface area contributed by atoms with Crippen LogP contribution in [-0.2, 0) is 19.9 Å². The molecule has 0 atom stereocenters. The molecule has 0 aliphatic carbocycles. The Morgan fingerprint density at radius 1 is 0.933 bits per heavy atom. The van der Waals surface area contributed by atoms with Crippen molar-refractivity contribution in [1.29, 1.82) is 0 Å². The monoisotopic (exact) mass is 208 g/mol. The molecule has 2 aromatic rings. The highest BCUT2D eigenvalue weighted by atomic mass is 16.3. The van der Waals surface area contributed by atoms with Gasteiger partial charge < -0.3 is 10.2 Å². The number of nitrogens with zero attached hydrogens (tertiary/aromatic N) is 4. The Bertz CT molecular complexity index is 395. The van der Waals surface area contributed by atoms with Crippen molar-refractivity contribution in [2.75, 3.05) is 0 Å². The standard InChI is InChI=1S/C9H12N4O2/c14-5-8-1-3-12(10-8)7-13-4-2-9(6-15)11-13/h1-4,14-15H,5-7H2. The Morgan fingerprint density at radius 2 is 1.40 bits per heavy atom. The summed E-state index contributed by atoms with van der Waals surface area (Å²) in [7, 11) is 0. The summed E-state index contributed by atoms with van der Waals surface area (Å²) in [6.45, 7) is 0.349. The van der Waals surface area contributed by atoms with Crippen LogP contribution in [0.15, 0.2) is 24.5 Å². The van der Waals surface area contributed by atoms with Gasteiger partial charge in [0, 0.05) is 12.4 Å². The van der Waals surface area contributed by atoms with Crippen molar-refractivity contribution >= 4 is 0 Å². The van der Waals surface area contributed by atoms with E-state index in [9.17, 15) is 0 Å². The molecule has 15 heavy (non-hydrogen) atoms. The third kappa shape index (κ3) is 2.23. The first kappa shape index (κ1) is 9.88. The summed E-state index contributed by atoms with van der Waals surface area (Å²) in [6.07, 6.45) is 3.54. The molecule has 6 heteroatoms. The predicted molar refractivity (Wildman–Crippen MR) is 51.7 cm³/mol. The molecule has 2 N–H and O–H groups in total. The molecule has 0 unspecified atom stereocenters. The van der Waals surface area contributed by atoms with Crippen LogP contribution in [-0.4, -0.2) is 29.8 Å². The Morgan fingerprint density at radius 3 is 1.73 bits per heavy atom. The van der Waals surface area contributed by atoms with Crippen molar-refractivity contribution in [3.05, 3.63) is 35.9 Å². The first-order chi connectivity index (χ1) is 7.31. The summed E-state index contributed by atoms with van der Waals surface area (Å²) < 4.78 is 3.33. The van der Waals surface area contributed by atoms with E-state index in [1.165, 1.54) is 0 Å². The van der Waals surface area contributed by atoms with Crippen LogP contribution in [0.4, 0.5) is 0 Å². The second kappa shape index (κ2) is 4.24. The molecule has 0 saturated carbocycles. The smallest absolute Gasteiger partial charge is 0.133 e. The molecule has 0 aliphatic heterocycles. The van der Waals surface area contributed by atoms with Crippen molar-refractivity contribution in [3.8, 4) is 0 Å². The van der Waals surface area contributed by atoms with Crippen LogP contribution in [0.3, 0.4) is 0 Å². The third-order valence-corrected chi connectivity index (χ3v) is 2.01. The van der Waals surface area contributed by atoms with Gasteiger partial charge in [-0.1, -0.05) is 0 Å². The summed E-state index contributed by atoms with van der Waals surface area (Å²) >= 11 is 0. The van der Waals surface area contributed by atoms with Gasteiger partial charge in [0.1, 0.15) is 6.67 Å². The van der Waals surface area contributed by atoms with Gasteiger partial charge in [-0.25, -0.2) is 0 Å². The Kier molecular flexibility index (Phi) is 2.79. The van der Waals surface area contributed by atoms with Crippen molar-refractivity contribution < 1.29 is 10.2 Å². The Balaban J connectivity index is 2.07. The van der Waals surface area contributed by atoms with Crippen LogP contribution in [0.2, 0.25) is 0 Å². The van der Waals surface area contributed by atoms with Crippen LogP contribution in [0.25, 0.3) is 0 Å². The minimum absolute atomic E-state index is 0.0615. The molecule has 2 heterocycles. The zero-order chi connectivity index (χ0) is 10.7. The van der Waals surface area contributed by atoms with Gasteiger partial charge in [-0.15, -0.1) is 0 Å². The average Bonchev–Trinajstić information content (AvgIpc) is 2.87. The summed E-state index contributed by atoms with van der Waals surface area (Å²) in [4.78, 5) is 0. The molecule has 0 aliphatic rings. The fraction of sp³-hybridized carbons (Fsp3) is 0.333. The molecule has 6 nitrogen and oxygen atoms in total. The maximum Gasteiger partial charge on any atom is 0.133 e. The highest BCUT2D eigenvalue weighted by Gasteiger charge is 2.00. The van der Waals surface area contributed by atoms with E-state index in [1.807, 2.05) is 0 Å². The van der Waals surface area contributed by atoms with Gasteiger partial charge in [-0.2, -0.15) is 10.2 Å². The zero-order valence-electron chi connectivity index (χ0n) is 8.11. The molecule has 0 bridgehead atoms. The topological polar surface area (TPSA) is 76.1 Å². The SMILES string of the molecule is OCc1ccn(Cn2ccc(CO)n2)n1. The van der Waals surface area contributed by atoms with Crippen LogP contribution < -0.4 is 0 Å². The lowest BCUT2D eigenvalue weighted by atomic mass is 10.5. The normalized spacial score (nSPS) is 10.8. The number of hydrogen-bond donors (Lipinski definition) is 2. The Labute approximate surface area is 86.4 Å². The fourth-order valence-electron chi connectivity index (χ4n) is 1.28. The molecular weight excluding hydrogens is 196 g/mol. The molecule has 80 valence electrons. The lowest BCUT2D eigenvalue weighted by Gasteiger charge is -2.00. The van der Waals surface area contributed by atoms with Crippen molar-refractivity contribution in [2.24, 2.45) is 0 Å². The molecule has 2 rings (SSSR count). The van der Waals surface area contributed by atoms with Gasteiger partial charge in [0.25, 0.3) is 0 Å². The minimum atomic E-state index is -0.0615. The van der Waals surface area contributed by atoms with E-state index in [0.29, 0.717) is 18.1 Å². The second-order valence-corrected chi connectivity index (χ2v) is 3.15. The first-order valence-corrected chi connectivity index (χ1v) is 4.58. The summed E-state index contributed by atoms with van der Waals surface area (Å²) in [5.74, 6) is 0. The molecule has 0 amide bonds. The molecule has 0 fully saturated rings. The predicted octanol–water partition coefficient (Wildman–Crippen LogP) is -0.430. The van der Waals surface area contributed by atoms with Gasteiger partial charge in [0.05, 0.1) is 24.6 Å². The zero-order valence-corrected chi connectivity index (χ0v) is 8.11. The van der Waals surface area contributed by atoms with Gasteiger partial charge in [0.15, 0.2) is 0 Å².